The monoisotopic (exact) mass is 398 g/mol. The number of carbonyl (C=O) groups is 2. The Kier molecular flexibility index (Phi) is 6.14. The molecule has 0 fully saturated rings. The van der Waals surface area contributed by atoms with Gasteiger partial charge in [-0.05, 0) is 51.5 Å². The van der Waals surface area contributed by atoms with Crippen molar-refractivity contribution in [2.45, 2.75) is 40.7 Å². The average molecular weight is 399 g/mol. The standard InChI is InChI=1S/C21H26N4O2S/c1-5-18-22-14(4)20(28-18)21(27)23-16-8-9-17-15(12-16)10-11-25(17)13-19(26)24(6-2)7-3/h8-12H,5-7,13H2,1-4H3,(H,23,27). The van der Waals surface area contributed by atoms with E-state index < -0.39 is 0 Å². The van der Waals surface area contributed by atoms with Crippen molar-refractivity contribution in [3.63, 3.8) is 0 Å². The van der Waals surface area contributed by atoms with Gasteiger partial charge in [-0.3, -0.25) is 9.59 Å². The third-order valence-electron chi connectivity index (χ3n) is 4.80. The van der Waals surface area contributed by atoms with Gasteiger partial charge < -0.3 is 14.8 Å². The maximum absolute atomic E-state index is 12.6. The predicted molar refractivity (Wildman–Crippen MR) is 114 cm³/mol. The summed E-state index contributed by atoms with van der Waals surface area (Å²) in [6.07, 6.45) is 2.74. The Morgan fingerprint density at radius 3 is 2.57 bits per heavy atom. The molecular weight excluding hydrogens is 372 g/mol. The van der Waals surface area contributed by atoms with E-state index in [-0.39, 0.29) is 11.8 Å². The SMILES string of the molecule is CCc1nc(C)c(C(=O)Nc2ccc3c(ccn3CC(=O)N(CC)CC)c2)s1. The van der Waals surface area contributed by atoms with Gasteiger partial charge in [-0.25, -0.2) is 4.98 Å². The Labute approximate surface area is 169 Å². The molecule has 6 nitrogen and oxygen atoms in total. The second-order valence-corrected chi connectivity index (χ2v) is 7.70. The van der Waals surface area contributed by atoms with Crippen LogP contribution in [-0.4, -0.2) is 39.4 Å². The fourth-order valence-electron chi connectivity index (χ4n) is 3.24. The van der Waals surface area contributed by atoms with E-state index in [9.17, 15) is 9.59 Å². The zero-order valence-corrected chi connectivity index (χ0v) is 17.6. The molecule has 2 amide bonds. The van der Waals surface area contributed by atoms with Crippen molar-refractivity contribution in [1.29, 1.82) is 0 Å². The molecule has 0 unspecified atom stereocenters. The largest absolute Gasteiger partial charge is 0.342 e. The first-order chi connectivity index (χ1) is 13.5. The second-order valence-electron chi connectivity index (χ2n) is 6.61. The van der Waals surface area contributed by atoms with Crippen LogP contribution in [0.1, 0.15) is 41.1 Å². The Balaban J connectivity index is 1.77. The summed E-state index contributed by atoms with van der Waals surface area (Å²) in [5.74, 6) is -0.0301. The number of aromatic nitrogens is 2. The Morgan fingerprint density at radius 2 is 1.93 bits per heavy atom. The number of nitrogens with zero attached hydrogens (tertiary/aromatic N) is 3. The van der Waals surface area contributed by atoms with Crippen LogP contribution in [0, 0.1) is 6.92 Å². The highest BCUT2D eigenvalue weighted by molar-refractivity contribution is 7.13. The van der Waals surface area contributed by atoms with Crippen molar-refractivity contribution in [1.82, 2.24) is 14.5 Å². The van der Waals surface area contributed by atoms with E-state index in [1.54, 1.807) is 0 Å². The molecule has 7 heteroatoms. The molecule has 3 rings (SSSR count). The number of nitrogens with one attached hydrogen (secondary N) is 1. The fraction of sp³-hybridized carbons (Fsp3) is 0.381. The normalized spacial score (nSPS) is 11.0. The highest BCUT2D eigenvalue weighted by atomic mass is 32.1. The summed E-state index contributed by atoms with van der Waals surface area (Å²) in [6.45, 7) is 9.60. The lowest BCUT2D eigenvalue weighted by Gasteiger charge is -2.19. The maximum atomic E-state index is 12.6. The molecule has 0 atom stereocenters. The molecule has 2 heterocycles. The lowest BCUT2D eigenvalue weighted by molar-refractivity contribution is -0.131. The van der Waals surface area contributed by atoms with Gasteiger partial charge in [0.15, 0.2) is 0 Å². The van der Waals surface area contributed by atoms with Crippen molar-refractivity contribution in [2.24, 2.45) is 0 Å². The maximum Gasteiger partial charge on any atom is 0.267 e. The van der Waals surface area contributed by atoms with Crippen molar-refractivity contribution < 1.29 is 9.59 Å². The smallest absolute Gasteiger partial charge is 0.267 e. The number of benzene rings is 1. The second kappa shape index (κ2) is 8.56. The van der Waals surface area contributed by atoms with E-state index in [2.05, 4.69) is 10.3 Å². The Bertz CT molecular complexity index is 1000. The summed E-state index contributed by atoms with van der Waals surface area (Å²) in [5.41, 5.74) is 2.47. The number of aryl methyl sites for hydroxylation is 2. The van der Waals surface area contributed by atoms with E-state index in [1.165, 1.54) is 11.3 Å². The van der Waals surface area contributed by atoms with Crippen molar-refractivity contribution in [3.05, 3.63) is 46.0 Å². The van der Waals surface area contributed by atoms with E-state index in [0.29, 0.717) is 24.5 Å². The zero-order valence-electron chi connectivity index (χ0n) is 16.8. The summed E-state index contributed by atoms with van der Waals surface area (Å²) < 4.78 is 1.95. The molecule has 0 radical (unpaired) electrons. The summed E-state index contributed by atoms with van der Waals surface area (Å²) in [6, 6.07) is 7.71. The first-order valence-electron chi connectivity index (χ1n) is 9.61. The van der Waals surface area contributed by atoms with E-state index in [4.69, 9.17) is 0 Å². The highest BCUT2D eigenvalue weighted by Gasteiger charge is 2.16. The molecule has 28 heavy (non-hydrogen) atoms. The number of thiazole rings is 1. The Hall–Kier alpha value is -2.67. The number of amides is 2. The number of carbonyl (C=O) groups excluding carboxylic acids is 2. The molecule has 3 aromatic rings. The van der Waals surface area contributed by atoms with Gasteiger partial charge in [-0.2, -0.15) is 0 Å². The van der Waals surface area contributed by atoms with Crippen LogP contribution in [0.5, 0.6) is 0 Å². The minimum Gasteiger partial charge on any atom is -0.342 e. The van der Waals surface area contributed by atoms with Gasteiger partial charge in [0, 0.05) is 35.9 Å². The Morgan fingerprint density at radius 1 is 1.18 bits per heavy atom. The molecule has 0 bridgehead atoms. The summed E-state index contributed by atoms with van der Waals surface area (Å²) in [5, 5.41) is 4.91. The van der Waals surface area contributed by atoms with Gasteiger partial charge in [0.1, 0.15) is 11.4 Å². The lowest BCUT2D eigenvalue weighted by Crippen LogP contribution is -2.33. The van der Waals surface area contributed by atoms with E-state index in [0.717, 1.165) is 33.7 Å². The lowest BCUT2D eigenvalue weighted by atomic mass is 10.2. The molecule has 0 spiro atoms. The zero-order chi connectivity index (χ0) is 20.3. The molecule has 0 aliphatic carbocycles. The van der Waals surface area contributed by atoms with Crippen LogP contribution in [0.15, 0.2) is 30.5 Å². The van der Waals surface area contributed by atoms with Gasteiger partial charge in [0.25, 0.3) is 5.91 Å². The predicted octanol–water partition coefficient (Wildman–Crippen LogP) is 4.09. The molecule has 148 valence electrons. The van der Waals surface area contributed by atoms with Crippen LogP contribution in [-0.2, 0) is 17.8 Å². The topological polar surface area (TPSA) is 67.2 Å². The number of fused-ring (bicyclic) bond motifs is 1. The van der Waals surface area contributed by atoms with E-state index in [1.807, 2.05) is 67.6 Å². The van der Waals surface area contributed by atoms with Gasteiger partial charge >= 0.3 is 0 Å². The molecule has 1 N–H and O–H groups in total. The first kappa shape index (κ1) is 20.1. The van der Waals surface area contributed by atoms with E-state index >= 15 is 0 Å². The van der Waals surface area contributed by atoms with Crippen LogP contribution < -0.4 is 5.32 Å². The molecule has 1 aromatic carbocycles. The molecule has 2 aromatic heterocycles. The van der Waals surface area contributed by atoms with Crippen molar-refractivity contribution in [3.8, 4) is 0 Å². The third kappa shape index (κ3) is 4.09. The summed E-state index contributed by atoms with van der Waals surface area (Å²) in [4.78, 5) is 31.9. The molecular formula is C21H26N4O2S. The first-order valence-corrected chi connectivity index (χ1v) is 10.4. The highest BCUT2D eigenvalue weighted by Crippen LogP contribution is 2.23. The summed E-state index contributed by atoms with van der Waals surface area (Å²) in [7, 11) is 0. The van der Waals surface area contributed by atoms with Crippen molar-refractivity contribution >= 4 is 39.7 Å². The van der Waals surface area contributed by atoms with Gasteiger partial charge in [0.2, 0.25) is 5.91 Å². The van der Waals surface area contributed by atoms with Gasteiger partial charge in [-0.15, -0.1) is 11.3 Å². The third-order valence-corrected chi connectivity index (χ3v) is 6.10. The van der Waals surface area contributed by atoms with Crippen LogP contribution in [0.2, 0.25) is 0 Å². The van der Waals surface area contributed by atoms with Crippen LogP contribution in [0.25, 0.3) is 10.9 Å². The molecule has 0 aliphatic rings. The number of rotatable bonds is 7. The van der Waals surface area contributed by atoms with Crippen molar-refractivity contribution in [2.75, 3.05) is 18.4 Å². The number of likely N-dealkylation sites (N-methyl/N-ethyl adjacent to an activating group) is 1. The van der Waals surface area contributed by atoms with Gasteiger partial charge in [-0.1, -0.05) is 6.92 Å². The van der Waals surface area contributed by atoms with Crippen LogP contribution in [0.4, 0.5) is 5.69 Å². The minimum absolute atomic E-state index is 0.104. The summed E-state index contributed by atoms with van der Waals surface area (Å²) >= 11 is 1.44. The van der Waals surface area contributed by atoms with Gasteiger partial charge in [0.05, 0.1) is 10.7 Å². The fourth-order valence-corrected chi connectivity index (χ4v) is 4.14. The number of anilines is 1. The quantitative estimate of drug-likeness (QED) is 0.652. The minimum atomic E-state index is -0.134. The number of hydrogen-bond acceptors (Lipinski definition) is 4. The number of hydrogen-bond donors (Lipinski definition) is 1. The van der Waals surface area contributed by atoms with Crippen LogP contribution >= 0.6 is 11.3 Å². The molecule has 0 aliphatic heterocycles. The average Bonchev–Trinajstić information content (AvgIpc) is 3.25. The van der Waals surface area contributed by atoms with Crippen LogP contribution in [0.3, 0.4) is 0 Å². The molecule has 0 saturated carbocycles. The molecule has 0 saturated heterocycles.